The van der Waals surface area contributed by atoms with Crippen molar-refractivity contribution in [1.29, 1.82) is 5.26 Å². The van der Waals surface area contributed by atoms with Gasteiger partial charge in [-0.2, -0.15) is 5.26 Å². The van der Waals surface area contributed by atoms with Crippen LogP contribution in [0.4, 0.5) is 0 Å². The van der Waals surface area contributed by atoms with Gasteiger partial charge in [0.15, 0.2) is 5.70 Å². The van der Waals surface area contributed by atoms with Crippen molar-refractivity contribution < 1.29 is 14.2 Å². The molecule has 0 spiro atoms. The van der Waals surface area contributed by atoms with E-state index < -0.39 is 0 Å². The lowest BCUT2D eigenvalue weighted by atomic mass is 9.90. The van der Waals surface area contributed by atoms with E-state index in [1.165, 1.54) is 31.2 Å². The van der Waals surface area contributed by atoms with Crippen LogP contribution in [0, 0.1) is 36.7 Å². The molecule has 238 valence electrons. The van der Waals surface area contributed by atoms with Crippen LogP contribution in [0.3, 0.4) is 0 Å². The molecule has 0 amide bonds. The molecule has 5 nitrogen and oxygen atoms in total. The molecule has 0 saturated carbocycles. The molecule has 2 rings (SSSR count). The van der Waals surface area contributed by atoms with Crippen molar-refractivity contribution in [3.05, 3.63) is 69.6 Å². The maximum absolute atomic E-state index is 9.90. The molecule has 0 radical (unpaired) electrons. The molecular formula is C39H54N2O3. The third-order valence-corrected chi connectivity index (χ3v) is 8.73. The second-order valence-corrected chi connectivity index (χ2v) is 11.7. The van der Waals surface area contributed by atoms with Crippen LogP contribution in [0.1, 0.15) is 120 Å². The quantitative estimate of drug-likeness (QED) is 0.0917. The zero-order valence-electron chi connectivity index (χ0n) is 28.5. The van der Waals surface area contributed by atoms with Crippen LogP contribution in [0.15, 0.2) is 30.3 Å². The summed E-state index contributed by atoms with van der Waals surface area (Å²) in [5.41, 5.74) is 5.59. The SMILES string of the molecule is [C-]#[N+]/C(=C\c1cc(OC)c(C)cc1CCC(CC)CCCC)c1cc(OCC(CC)CCCC)c(/C(C#N)=C/C)cc1OC. The van der Waals surface area contributed by atoms with Gasteiger partial charge in [-0.15, -0.1) is 0 Å². The molecule has 0 saturated heterocycles. The molecule has 2 aromatic rings. The van der Waals surface area contributed by atoms with Crippen molar-refractivity contribution in [3.63, 3.8) is 0 Å². The predicted octanol–water partition coefficient (Wildman–Crippen LogP) is 11.1. The van der Waals surface area contributed by atoms with E-state index in [0.717, 1.165) is 55.4 Å². The average molecular weight is 599 g/mol. The summed E-state index contributed by atoms with van der Waals surface area (Å²) < 4.78 is 18.0. The van der Waals surface area contributed by atoms with Crippen molar-refractivity contribution >= 4 is 17.3 Å². The maximum Gasteiger partial charge on any atom is 0.198 e. The van der Waals surface area contributed by atoms with E-state index in [4.69, 9.17) is 20.8 Å². The van der Waals surface area contributed by atoms with Crippen molar-refractivity contribution in [2.45, 2.75) is 106 Å². The average Bonchev–Trinajstić information content (AvgIpc) is 3.05. The lowest BCUT2D eigenvalue weighted by molar-refractivity contribution is 0.232. The zero-order chi connectivity index (χ0) is 32.5. The Hall–Kier alpha value is -3.70. The topological polar surface area (TPSA) is 55.8 Å². The Balaban J connectivity index is 2.66. The van der Waals surface area contributed by atoms with E-state index in [0.29, 0.717) is 52.3 Å². The summed E-state index contributed by atoms with van der Waals surface area (Å²) in [6.45, 7) is 21.6. The molecule has 0 heterocycles. The van der Waals surface area contributed by atoms with E-state index in [9.17, 15) is 5.26 Å². The van der Waals surface area contributed by atoms with Gasteiger partial charge in [0, 0.05) is 11.1 Å². The van der Waals surface area contributed by atoms with Crippen LogP contribution in [0.25, 0.3) is 22.2 Å². The number of allylic oxidation sites excluding steroid dienone is 2. The third-order valence-electron chi connectivity index (χ3n) is 8.73. The van der Waals surface area contributed by atoms with Crippen LogP contribution in [-0.2, 0) is 6.42 Å². The Bertz CT molecular complexity index is 1340. The van der Waals surface area contributed by atoms with Gasteiger partial charge in [0.2, 0.25) is 0 Å². The molecule has 0 aliphatic rings. The zero-order valence-corrected chi connectivity index (χ0v) is 28.5. The fourth-order valence-electron chi connectivity index (χ4n) is 5.70. The summed E-state index contributed by atoms with van der Waals surface area (Å²) in [5, 5.41) is 9.90. The fourth-order valence-corrected chi connectivity index (χ4v) is 5.70. The van der Waals surface area contributed by atoms with Crippen LogP contribution >= 0.6 is 0 Å². The highest BCUT2D eigenvalue weighted by Gasteiger charge is 2.20. The van der Waals surface area contributed by atoms with Crippen LogP contribution in [-0.4, -0.2) is 20.8 Å². The highest BCUT2D eigenvalue weighted by atomic mass is 16.5. The minimum absolute atomic E-state index is 0.423. The number of unbranched alkanes of at least 4 members (excludes halogenated alkanes) is 2. The number of ether oxygens (including phenoxy) is 3. The number of rotatable bonds is 19. The van der Waals surface area contributed by atoms with E-state index in [1.807, 2.05) is 31.2 Å². The highest BCUT2D eigenvalue weighted by molar-refractivity contribution is 5.91. The first kappa shape index (κ1) is 36.5. The summed E-state index contributed by atoms with van der Waals surface area (Å²) in [7, 11) is 3.29. The molecule has 2 aromatic carbocycles. The summed E-state index contributed by atoms with van der Waals surface area (Å²) >= 11 is 0. The Morgan fingerprint density at radius 2 is 1.52 bits per heavy atom. The monoisotopic (exact) mass is 598 g/mol. The number of aryl methyl sites for hydroxylation is 2. The molecule has 0 fully saturated rings. The lowest BCUT2D eigenvalue weighted by Gasteiger charge is -2.20. The molecule has 0 aromatic heterocycles. The van der Waals surface area contributed by atoms with Crippen molar-refractivity contribution in [1.82, 2.24) is 0 Å². The summed E-state index contributed by atoms with van der Waals surface area (Å²) in [4.78, 5) is 4.00. The standard InChI is InChI=1S/C39H54N2O3/c1-10-15-17-29(12-3)19-20-32-21-28(6)37(42-8)23-33(32)22-36(41-7)35-25-39(44-27-30(13-4)18-16-11-2)34(24-38(35)43-9)31(14-5)26-40/h14,21-25,29-30H,10-13,15-20,27H2,1-6,8-9H3/b31-14+,36-22-. The maximum atomic E-state index is 9.90. The molecule has 2 unspecified atom stereocenters. The summed E-state index contributed by atoms with van der Waals surface area (Å²) in [6, 6.07) is 10.3. The first-order valence-corrected chi connectivity index (χ1v) is 16.5. The number of hydrogen-bond acceptors (Lipinski definition) is 4. The van der Waals surface area contributed by atoms with E-state index in [-0.39, 0.29) is 0 Å². The molecule has 44 heavy (non-hydrogen) atoms. The van der Waals surface area contributed by atoms with Gasteiger partial charge in [0.25, 0.3) is 0 Å². The van der Waals surface area contributed by atoms with Crippen molar-refractivity contribution in [2.24, 2.45) is 11.8 Å². The molecule has 0 aliphatic heterocycles. The van der Waals surface area contributed by atoms with Crippen molar-refractivity contribution in [3.8, 4) is 23.3 Å². The number of hydrogen-bond donors (Lipinski definition) is 0. The van der Waals surface area contributed by atoms with Gasteiger partial charge in [-0.25, -0.2) is 4.85 Å². The minimum atomic E-state index is 0.423. The molecule has 0 bridgehead atoms. The van der Waals surface area contributed by atoms with Gasteiger partial charge in [-0.05, 0) is 85.9 Å². The molecular weight excluding hydrogens is 544 g/mol. The van der Waals surface area contributed by atoms with Crippen LogP contribution in [0.5, 0.6) is 17.2 Å². The largest absolute Gasteiger partial charge is 0.497 e. The van der Waals surface area contributed by atoms with E-state index in [1.54, 1.807) is 20.3 Å². The van der Waals surface area contributed by atoms with Gasteiger partial charge >= 0.3 is 0 Å². The summed E-state index contributed by atoms with van der Waals surface area (Å²) in [6.07, 6.45) is 15.1. The Morgan fingerprint density at radius 3 is 2.07 bits per heavy atom. The van der Waals surface area contributed by atoms with Gasteiger partial charge in [0.1, 0.15) is 17.2 Å². The lowest BCUT2D eigenvalue weighted by Crippen LogP contribution is -2.12. The van der Waals surface area contributed by atoms with Gasteiger partial charge < -0.3 is 14.2 Å². The third kappa shape index (κ3) is 10.2. The first-order valence-electron chi connectivity index (χ1n) is 16.5. The fraction of sp³-hybridized carbons (Fsp3) is 0.538. The first-order chi connectivity index (χ1) is 21.3. The Kier molecular flexibility index (Phi) is 16.2. The Labute approximate surface area is 267 Å². The normalized spacial score (nSPS) is 13.1. The molecule has 0 aliphatic carbocycles. The summed E-state index contributed by atoms with van der Waals surface area (Å²) in [5.74, 6) is 3.05. The minimum Gasteiger partial charge on any atom is -0.497 e. The molecule has 2 atom stereocenters. The van der Waals surface area contributed by atoms with Gasteiger partial charge in [-0.3, -0.25) is 0 Å². The second kappa shape index (κ2) is 19.6. The number of benzene rings is 2. The number of nitrogens with zero attached hydrogens (tertiary/aromatic N) is 2. The van der Waals surface area contributed by atoms with Crippen LogP contribution in [0.2, 0.25) is 0 Å². The molecule has 0 N–H and O–H groups in total. The van der Waals surface area contributed by atoms with E-state index >= 15 is 0 Å². The van der Waals surface area contributed by atoms with Crippen LogP contribution < -0.4 is 14.2 Å². The Morgan fingerprint density at radius 1 is 0.886 bits per heavy atom. The second-order valence-electron chi connectivity index (χ2n) is 11.7. The number of methoxy groups -OCH3 is 2. The van der Waals surface area contributed by atoms with Crippen molar-refractivity contribution in [2.75, 3.05) is 20.8 Å². The molecule has 5 heteroatoms. The highest BCUT2D eigenvalue weighted by Crippen LogP contribution is 2.39. The van der Waals surface area contributed by atoms with Gasteiger partial charge in [0.05, 0.1) is 39.0 Å². The smallest absolute Gasteiger partial charge is 0.198 e. The van der Waals surface area contributed by atoms with E-state index in [2.05, 4.69) is 51.6 Å². The van der Waals surface area contributed by atoms with Gasteiger partial charge in [-0.1, -0.05) is 84.8 Å². The number of nitriles is 1. The predicted molar refractivity (Wildman–Crippen MR) is 185 cm³/mol.